The van der Waals surface area contributed by atoms with Crippen LogP contribution in [0.15, 0.2) is 0 Å². The molecule has 4 heteroatoms. The van der Waals surface area contributed by atoms with E-state index in [1.165, 1.54) is 12.8 Å². The molecule has 0 spiro atoms. The van der Waals surface area contributed by atoms with Crippen LogP contribution in [0.1, 0.15) is 26.7 Å². The highest BCUT2D eigenvalue weighted by Gasteiger charge is 2.47. The lowest BCUT2D eigenvalue weighted by Gasteiger charge is -2.39. The molecule has 0 aromatic rings. The molecule has 18 heavy (non-hydrogen) atoms. The van der Waals surface area contributed by atoms with Gasteiger partial charge in [0.05, 0.1) is 6.07 Å². The van der Waals surface area contributed by atoms with Crippen molar-refractivity contribution < 1.29 is 0 Å². The number of piperazine rings is 1. The molecular weight excluding hydrogens is 224 g/mol. The Balaban J connectivity index is 1.99. The molecule has 0 bridgehead atoms. The molecule has 0 amide bonds. The van der Waals surface area contributed by atoms with Crippen LogP contribution in [-0.2, 0) is 0 Å². The highest BCUT2D eigenvalue weighted by Crippen LogP contribution is 2.40. The summed E-state index contributed by atoms with van der Waals surface area (Å²) in [6.45, 7) is 9.58. The summed E-state index contributed by atoms with van der Waals surface area (Å²) < 4.78 is 0. The molecule has 1 aliphatic heterocycles. The van der Waals surface area contributed by atoms with Crippen molar-refractivity contribution in [2.75, 3.05) is 39.8 Å². The van der Waals surface area contributed by atoms with E-state index >= 15 is 0 Å². The lowest BCUT2D eigenvalue weighted by molar-refractivity contribution is 0.119. The number of nitriles is 1. The number of hydrogen-bond acceptors (Lipinski definition) is 4. The molecule has 1 saturated heterocycles. The first kappa shape index (κ1) is 13.8. The maximum absolute atomic E-state index is 9.67. The molecule has 1 unspecified atom stereocenters. The fourth-order valence-corrected chi connectivity index (χ4v) is 2.90. The molecule has 102 valence electrons. The van der Waals surface area contributed by atoms with Crippen molar-refractivity contribution in [2.24, 2.45) is 5.92 Å². The Morgan fingerprint density at radius 2 is 1.89 bits per heavy atom. The number of hydrogen-bond donors (Lipinski definition) is 1. The Kier molecular flexibility index (Phi) is 4.26. The molecule has 2 aliphatic rings. The Labute approximate surface area is 111 Å². The van der Waals surface area contributed by atoms with Crippen molar-refractivity contribution in [1.82, 2.24) is 15.1 Å². The summed E-state index contributed by atoms with van der Waals surface area (Å²) in [5.74, 6) is 0.560. The minimum Gasteiger partial charge on any atom is -0.304 e. The normalized spacial score (nSPS) is 25.9. The smallest absolute Gasteiger partial charge is 0.122 e. The fraction of sp³-hybridized carbons (Fsp3) is 0.929. The summed E-state index contributed by atoms with van der Waals surface area (Å²) >= 11 is 0. The number of likely N-dealkylation sites (N-methyl/N-ethyl adjacent to an activating group) is 1. The van der Waals surface area contributed by atoms with E-state index in [9.17, 15) is 5.26 Å². The van der Waals surface area contributed by atoms with Gasteiger partial charge in [-0.3, -0.25) is 10.2 Å². The predicted molar refractivity (Wildman–Crippen MR) is 73.3 cm³/mol. The van der Waals surface area contributed by atoms with Crippen molar-refractivity contribution in [1.29, 1.82) is 5.26 Å². The molecular formula is C14H26N4. The van der Waals surface area contributed by atoms with Crippen LogP contribution in [0.2, 0.25) is 0 Å². The fourth-order valence-electron chi connectivity index (χ4n) is 2.90. The van der Waals surface area contributed by atoms with Crippen molar-refractivity contribution in [3.05, 3.63) is 0 Å². The van der Waals surface area contributed by atoms with Crippen molar-refractivity contribution in [3.63, 3.8) is 0 Å². The van der Waals surface area contributed by atoms with E-state index in [4.69, 9.17) is 0 Å². The minimum absolute atomic E-state index is 0.315. The van der Waals surface area contributed by atoms with Gasteiger partial charge in [0.2, 0.25) is 0 Å². The van der Waals surface area contributed by atoms with E-state index in [-0.39, 0.29) is 5.54 Å². The maximum atomic E-state index is 9.67. The molecule has 0 aromatic carbocycles. The van der Waals surface area contributed by atoms with Crippen molar-refractivity contribution in [2.45, 2.75) is 38.3 Å². The first-order valence-corrected chi connectivity index (χ1v) is 7.15. The van der Waals surface area contributed by atoms with Gasteiger partial charge >= 0.3 is 0 Å². The first-order valence-electron chi connectivity index (χ1n) is 7.15. The van der Waals surface area contributed by atoms with E-state index in [0.29, 0.717) is 12.0 Å². The van der Waals surface area contributed by atoms with E-state index in [2.05, 4.69) is 42.1 Å². The molecule has 0 radical (unpaired) electrons. The van der Waals surface area contributed by atoms with Gasteiger partial charge in [0.15, 0.2) is 0 Å². The van der Waals surface area contributed by atoms with Gasteiger partial charge in [-0.15, -0.1) is 0 Å². The van der Waals surface area contributed by atoms with E-state index in [1.807, 2.05) is 0 Å². The van der Waals surface area contributed by atoms with Crippen LogP contribution in [0.3, 0.4) is 0 Å². The molecule has 2 fully saturated rings. The van der Waals surface area contributed by atoms with E-state index in [0.717, 1.165) is 32.7 Å². The Morgan fingerprint density at radius 3 is 2.33 bits per heavy atom. The van der Waals surface area contributed by atoms with Gasteiger partial charge in [-0.05, 0) is 39.7 Å². The molecule has 1 aliphatic carbocycles. The standard InChI is InChI=1S/C14H26N4/c1-12(2)16-14(10-15,13-4-5-13)11-18-8-6-17(3)7-9-18/h12-13,16H,4-9,11H2,1-3H3. The first-order chi connectivity index (χ1) is 8.55. The molecule has 4 nitrogen and oxygen atoms in total. The van der Waals surface area contributed by atoms with Crippen LogP contribution in [-0.4, -0.2) is 61.2 Å². The third-order valence-electron chi connectivity index (χ3n) is 4.09. The minimum atomic E-state index is -0.315. The third kappa shape index (κ3) is 3.23. The zero-order valence-corrected chi connectivity index (χ0v) is 11.9. The van der Waals surface area contributed by atoms with E-state index < -0.39 is 0 Å². The molecule has 1 atom stereocenters. The Hall–Kier alpha value is -0.630. The summed E-state index contributed by atoms with van der Waals surface area (Å²) in [4.78, 5) is 4.81. The average Bonchev–Trinajstić information content (AvgIpc) is 3.15. The Bertz CT molecular complexity index is 310. The van der Waals surface area contributed by atoms with Gasteiger partial charge in [0, 0.05) is 38.8 Å². The number of rotatable bonds is 5. The largest absolute Gasteiger partial charge is 0.304 e. The monoisotopic (exact) mass is 250 g/mol. The molecule has 2 rings (SSSR count). The molecule has 0 aromatic heterocycles. The second-order valence-corrected chi connectivity index (χ2v) is 6.24. The topological polar surface area (TPSA) is 42.3 Å². The van der Waals surface area contributed by atoms with Gasteiger partial charge < -0.3 is 4.90 Å². The number of nitrogens with zero attached hydrogens (tertiary/aromatic N) is 3. The lowest BCUT2D eigenvalue weighted by Crippen LogP contribution is -2.59. The van der Waals surface area contributed by atoms with Crippen molar-refractivity contribution in [3.8, 4) is 6.07 Å². The van der Waals surface area contributed by atoms with Crippen LogP contribution in [0.5, 0.6) is 0 Å². The van der Waals surface area contributed by atoms with Crippen LogP contribution in [0.4, 0.5) is 0 Å². The predicted octanol–water partition coefficient (Wildman–Crippen LogP) is 0.904. The summed E-state index contributed by atoms with van der Waals surface area (Å²) in [6.07, 6.45) is 2.42. The third-order valence-corrected chi connectivity index (χ3v) is 4.09. The van der Waals surface area contributed by atoms with Gasteiger partial charge in [-0.2, -0.15) is 5.26 Å². The zero-order valence-electron chi connectivity index (χ0n) is 11.9. The molecule has 1 N–H and O–H groups in total. The van der Waals surface area contributed by atoms with Gasteiger partial charge in [0.25, 0.3) is 0 Å². The summed E-state index contributed by atoms with van der Waals surface area (Å²) in [7, 11) is 2.17. The highest BCUT2D eigenvalue weighted by atomic mass is 15.3. The van der Waals surface area contributed by atoms with Gasteiger partial charge in [0.1, 0.15) is 5.54 Å². The second-order valence-electron chi connectivity index (χ2n) is 6.24. The van der Waals surface area contributed by atoms with Gasteiger partial charge in [-0.25, -0.2) is 0 Å². The van der Waals surface area contributed by atoms with Crippen LogP contribution in [0, 0.1) is 17.2 Å². The number of nitrogens with one attached hydrogen (secondary N) is 1. The quantitative estimate of drug-likeness (QED) is 0.787. The van der Waals surface area contributed by atoms with Crippen LogP contribution in [0.25, 0.3) is 0 Å². The Morgan fingerprint density at radius 1 is 1.28 bits per heavy atom. The van der Waals surface area contributed by atoms with Crippen LogP contribution >= 0.6 is 0 Å². The van der Waals surface area contributed by atoms with Crippen LogP contribution < -0.4 is 5.32 Å². The summed E-state index contributed by atoms with van der Waals surface area (Å²) in [5.41, 5.74) is -0.315. The average molecular weight is 250 g/mol. The summed E-state index contributed by atoms with van der Waals surface area (Å²) in [5, 5.41) is 13.2. The summed E-state index contributed by atoms with van der Waals surface area (Å²) in [6, 6.07) is 2.97. The van der Waals surface area contributed by atoms with Crippen molar-refractivity contribution >= 4 is 0 Å². The zero-order chi connectivity index (χ0) is 13.2. The maximum Gasteiger partial charge on any atom is 0.122 e. The molecule has 1 saturated carbocycles. The molecule has 1 heterocycles. The highest BCUT2D eigenvalue weighted by molar-refractivity contribution is 5.17. The second kappa shape index (κ2) is 5.56. The lowest BCUT2D eigenvalue weighted by atomic mass is 9.92. The van der Waals surface area contributed by atoms with Gasteiger partial charge in [-0.1, -0.05) is 0 Å². The SMILES string of the molecule is CC(C)NC(C#N)(CN1CCN(C)CC1)C1CC1. The van der Waals surface area contributed by atoms with E-state index in [1.54, 1.807) is 0 Å².